The Labute approximate surface area is 131 Å². The number of carbonyl (C=O) groups is 3. The Balaban J connectivity index is 3.06. The molecular weight excluding hydrogens is 304 g/mol. The maximum absolute atomic E-state index is 11.6. The van der Waals surface area contributed by atoms with Crippen LogP contribution >= 0.6 is 0 Å². The summed E-state index contributed by atoms with van der Waals surface area (Å²) in [7, 11) is 1.38. The minimum absolute atomic E-state index is 0.267. The zero-order valence-electron chi connectivity index (χ0n) is 12.2. The fourth-order valence-electron chi connectivity index (χ4n) is 1.54. The fourth-order valence-corrected chi connectivity index (χ4v) is 1.54. The Bertz CT molecular complexity index is 706. The summed E-state index contributed by atoms with van der Waals surface area (Å²) in [6.45, 7) is -0.323. The molecule has 0 aliphatic heterocycles. The van der Waals surface area contributed by atoms with E-state index < -0.39 is 17.8 Å². The molecule has 9 heteroatoms. The first kappa shape index (κ1) is 17.5. The highest BCUT2D eigenvalue weighted by Crippen LogP contribution is 2.28. The molecule has 1 rings (SSSR count). The maximum Gasteiger partial charge on any atom is 0.319 e. The first-order valence-corrected chi connectivity index (χ1v) is 6.19. The van der Waals surface area contributed by atoms with Crippen molar-refractivity contribution in [3.05, 3.63) is 29.3 Å². The van der Waals surface area contributed by atoms with Gasteiger partial charge in [0, 0.05) is 0 Å². The van der Waals surface area contributed by atoms with Crippen LogP contribution in [0.3, 0.4) is 0 Å². The number of nitrogens with two attached hydrogens (primary N) is 2. The van der Waals surface area contributed by atoms with Crippen molar-refractivity contribution in [1.82, 2.24) is 5.32 Å². The number of amides is 4. The number of hydrogen-bond acceptors (Lipinski definition) is 6. The van der Waals surface area contributed by atoms with E-state index in [2.05, 4.69) is 0 Å². The molecule has 5 N–H and O–H groups in total. The number of benzene rings is 1. The molecule has 0 aromatic heterocycles. The summed E-state index contributed by atoms with van der Waals surface area (Å²) in [6.07, 6.45) is 1.23. The van der Waals surface area contributed by atoms with Crippen LogP contribution in [0.2, 0.25) is 0 Å². The topological polar surface area (TPSA) is 158 Å². The van der Waals surface area contributed by atoms with Gasteiger partial charge in [-0.05, 0) is 23.8 Å². The van der Waals surface area contributed by atoms with E-state index in [1.54, 1.807) is 11.4 Å². The van der Waals surface area contributed by atoms with E-state index in [0.29, 0.717) is 5.56 Å². The van der Waals surface area contributed by atoms with Crippen molar-refractivity contribution in [2.75, 3.05) is 13.7 Å². The highest BCUT2D eigenvalue weighted by Gasteiger charge is 2.12. The lowest BCUT2D eigenvalue weighted by Gasteiger charge is -2.10. The number of nitriles is 1. The number of urea groups is 1. The van der Waals surface area contributed by atoms with Gasteiger partial charge in [-0.15, -0.1) is 0 Å². The second kappa shape index (κ2) is 8.04. The number of rotatable bonds is 6. The van der Waals surface area contributed by atoms with Crippen LogP contribution in [0.15, 0.2) is 23.8 Å². The second-order valence-corrected chi connectivity index (χ2v) is 4.15. The standard InChI is InChI=1S/C14H14N4O5/c1-22-11-5-8(2-3-10(11)23-7-12(16)19)4-9(6-15)13(20)18-14(17)21/h2-5H,7H2,1H3,(H2,16,19)(H3,17,18,20,21)/b9-4-. The number of imide groups is 1. The van der Waals surface area contributed by atoms with Crippen LogP contribution < -0.4 is 26.3 Å². The van der Waals surface area contributed by atoms with Gasteiger partial charge in [0.05, 0.1) is 7.11 Å². The summed E-state index contributed by atoms with van der Waals surface area (Å²) in [5, 5.41) is 10.7. The van der Waals surface area contributed by atoms with E-state index in [1.807, 2.05) is 0 Å². The third-order valence-electron chi connectivity index (χ3n) is 2.47. The molecule has 120 valence electrons. The highest BCUT2D eigenvalue weighted by molar-refractivity contribution is 6.08. The Kier molecular flexibility index (Phi) is 6.12. The molecule has 0 aliphatic carbocycles. The number of hydrogen-bond donors (Lipinski definition) is 3. The molecule has 23 heavy (non-hydrogen) atoms. The van der Waals surface area contributed by atoms with E-state index in [1.165, 1.54) is 31.4 Å². The molecule has 9 nitrogen and oxygen atoms in total. The zero-order chi connectivity index (χ0) is 17.4. The molecule has 1 aromatic rings. The molecule has 0 saturated heterocycles. The number of primary amides is 2. The van der Waals surface area contributed by atoms with Crippen molar-refractivity contribution >= 4 is 23.9 Å². The van der Waals surface area contributed by atoms with Gasteiger partial charge in [-0.3, -0.25) is 14.9 Å². The number of nitrogens with one attached hydrogen (secondary N) is 1. The molecule has 4 amide bonds. The van der Waals surface area contributed by atoms with Gasteiger partial charge in [0.15, 0.2) is 18.1 Å². The third-order valence-corrected chi connectivity index (χ3v) is 2.47. The van der Waals surface area contributed by atoms with Crippen molar-refractivity contribution in [3.63, 3.8) is 0 Å². The molecule has 1 aromatic carbocycles. The smallest absolute Gasteiger partial charge is 0.319 e. The van der Waals surface area contributed by atoms with Crippen molar-refractivity contribution in [3.8, 4) is 17.6 Å². The average molecular weight is 318 g/mol. The monoisotopic (exact) mass is 318 g/mol. The lowest BCUT2D eigenvalue weighted by Crippen LogP contribution is -2.35. The van der Waals surface area contributed by atoms with E-state index >= 15 is 0 Å². The largest absolute Gasteiger partial charge is 0.493 e. The van der Waals surface area contributed by atoms with Gasteiger partial charge < -0.3 is 20.9 Å². The van der Waals surface area contributed by atoms with Gasteiger partial charge >= 0.3 is 6.03 Å². The first-order chi connectivity index (χ1) is 10.9. The van der Waals surface area contributed by atoms with Crippen molar-refractivity contribution < 1.29 is 23.9 Å². The van der Waals surface area contributed by atoms with Gasteiger partial charge in [-0.1, -0.05) is 6.07 Å². The molecule has 0 heterocycles. The van der Waals surface area contributed by atoms with Crippen LogP contribution in [0.25, 0.3) is 6.08 Å². The van der Waals surface area contributed by atoms with Crippen LogP contribution in [-0.4, -0.2) is 31.6 Å². The highest BCUT2D eigenvalue weighted by atomic mass is 16.5. The molecule has 0 saturated carbocycles. The molecule has 0 unspecified atom stereocenters. The normalized spacial score (nSPS) is 10.3. The van der Waals surface area contributed by atoms with Crippen LogP contribution in [0, 0.1) is 11.3 Å². The average Bonchev–Trinajstić information content (AvgIpc) is 2.49. The number of methoxy groups -OCH3 is 1. The first-order valence-electron chi connectivity index (χ1n) is 6.19. The summed E-state index contributed by atoms with van der Waals surface area (Å²) in [5.74, 6) is -1.03. The molecule has 0 bridgehead atoms. The molecule has 0 radical (unpaired) electrons. The summed E-state index contributed by atoms with van der Waals surface area (Å²) in [6, 6.07) is 5.07. The van der Waals surface area contributed by atoms with Crippen molar-refractivity contribution in [1.29, 1.82) is 5.26 Å². The molecular formula is C14H14N4O5. The summed E-state index contributed by atoms with van der Waals surface area (Å²) in [5.41, 5.74) is 9.92. The predicted octanol–water partition coefficient (Wildman–Crippen LogP) is -0.339. The van der Waals surface area contributed by atoms with Crippen LogP contribution in [-0.2, 0) is 9.59 Å². The van der Waals surface area contributed by atoms with Crippen LogP contribution in [0.4, 0.5) is 4.79 Å². The molecule has 0 atom stereocenters. The van der Waals surface area contributed by atoms with E-state index in [0.717, 1.165) is 0 Å². The van der Waals surface area contributed by atoms with Gasteiger partial charge in [0.25, 0.3) is 11.8 Å². The molecule has 0 aliphatic rings. The van der Waals surface area contributed by atoms with Crippen molar-refractivity contribution in [2.45, 2.75) is 0 Å². The van der Waals surface area contributed by atoms with Gasteiger partial charge in [-0.25, -0.2) is 4.79 Å². The summed E-state index contributed by atoms with van der Waals surface area (Å²) < 4.78 is 10.2. The molecule has 0 spiro atoms. The quantitative estimate of drug-likeness (QED) is 0.481. The minimum Gasteiger partial charge on any atom is -0.493 e. The van der Waals surface area contributed by atoms with Crippen LogP contribution in [0.1, 0.15) is 5.56 Å². The second-order valence-electron chi connectivity index (χ2n) is 4.15. The Hall–Kier alpha value is -3.54. The fraction of sp³-hybridized carbons (Fsp3) is 0.143. The zero-order valence-corrected chi connectivity index (χ0v) is 12.2. The Morgan fingerprint density at radius 1 is 1.30 bits per heavy atom. The third kappa shape index (κ3) is 5.39. The number of nitrogens with zero attached hydrogens (tertiary/aromatic N) is 1. The predicted molar refractivity (Wildman–Crippen MR) is 79.0 cm³/mol. The van der Waals surface area contributed by atoms with E-state index in [-0.39, 0.29) is 23.7 Å². The Morgan fingerprint density at radius 2 is 2.00 bits per heavy atom. The summed E-state index contributed by atoms with van der Waals surface area (Å²) in [4.78, 5) is 32.9. The molecule has 0 fully saturated rings. The van der Waals surface area contributed by atoms with E-state index in [9.17, 15) is 14.4 Å². The summed E-state index contributed by atoms with van der Waals surface area (Å²) >= 11 is 0. The maximum atomic E-state index is 11.6. The number of carbonyl (C=O) groups excluding carboxylic acids is 3. The van der Waals surface area contributed by atoms with E-state index in [4.69, 9.17) is 26.2 Å². The van der Waals surface area contributed by atoms with Crippen molar-refractivity contribution in [2.24, 2.45) is 11.5 Å². The number of ether oxygens (including phenoxy) is 2. The van der Waals surface area contributed by atoms with Gasteiger partial charge in [0.1, 0.15) is 11.6 Å². The lowest BCUT2D eigenvalue weighted by atomic mass is 10.1. The van der Waals surface area contributed by atoms with Gasteiger partial charge in [-0.2, -0.15) is 5.26 Å². The Morgan fingerprint density at radius 3 is 2.52 bits per heavy atom. The lowest BCUT2D eigenvalue weighted by molar-refractivity contribution is -0.120. The van der Waals surface area contributed by atoms with Crippen LogP contribution in [0.5, 0.6) is 11.5 Å². The van der Waals surface area contributed by atoms with Gasteiger partial charge in [0.2, 0.25) is 0 Å². The minimum atomic E-state index is -1.07. The SMILES string of the molecule is COc1cc(/C=C(/C#N)C(=O)NC(N)=O)ccc1OCC(N)=O.